The van der Waals surface area contributed by atoms with E-state index in [2.05, 4.69) is 0 Å². The van der Waals surface area contributed by atoms with Crippen molar-refractivity contribution in [2.24, 2.45) is 5.92 Å². The van der Waals surface area contributed by atoms with Crippen LogP contribution >= 0.6 is 0 Å². The smallest absolute Gasteiger partial charge is 0.256 e. The maximum absolute atomic E-state index is 13.7. The number of hydrogen-bond donors (Lipinski definition) is 0. The summed E-state index contributed by atoms with van der Waals surface area (Å²) in [5.74, 6) is -1.40. The van der Waals surface area contributed by atoms with E-state index in [-0.39, 0.29) is 17.6 Å². The summed E-state index contributed by atoms with van der Waals surface area (Å²) in [6.45, 7) is 3.33. The molecule has 0 spiro atoms. The van der Waals surface area contributed by atoms with E-state index in [1.807, 2.05) is 0 Å². The third-order valence-electron chi connectivity index (χ3n) is 4.48. The second-order valence-corrected chi connectivity index (χ2v) is 6.18. The summed E-state index contributed by atoms with van der Waals surface area (Å²) >= 11 is 0. The Morgan fingerprint density at radius 3 is 2.70 bits per heavy atom. The Balaban J connectivity index is 1.49. The summed E-state index contributed by atoms with van der Waals surface area (Å²) in [7, 11) is 0. The van der Waals surface area contributed by atoms with Gasteiger partial charge >= 0.3 is 0 Å². The molecule has 2 aliphatic rings. The SMILES string of the molecule is O=C(c1ccc(F)cc1F)N1CCC(OC[C@H]2CCOC2)CC1. The molecule has 0 N–H and O–H groups in total. The molecular formula is C17H21F2NO3. The first-order chi connectivity index (χ1) is 11.1. The maximum Gasteiger partial charge on any atom is 0.256 e. The summed E-state index contributed by atoms with van der Waals surface area (Å²) in [6.07, 6.45) is 2.66. The van der Waals surface area contributed by atoms with Crippen LogP contribution in [0.5, 0.6) is 0 Å². The lowest BCUT2D eigenvalue weighted by atomic mass is 10.1. The van der Waals surface area contributed by atoms with Crippen LogP contribution in [0.15, 0.2) is 18.2 Å². The molecule has 23 heavy (non-hydrogen) atoms. The number of ether oxygens (including phenoxy) is 2. The molecule has 0 saturated carbocycles. The molecule has 0 aromatic heterocycles. The number of piperidine rings is 1. The van der Waals surface area contributed by atoms with E-state index in [0.717, 1.165) is 44.6 Å². The van der Waals surface area contributed by atoms with Gasteiger partial charge < -0.3 is 14.4 Å². The van der Waals surface area contributed by atoms with Gasteiger partial charge in [0, 0.05) is 31.7 Å². The van der Waals surface area contributed by atoms with Crippen molar-refractivity contribution >= 4 is 5.91 Å². The molecule has 1 amide bonds. The van der Waals surface area contributed by atoms with Crippen molar-refractivity contribution in [2.45, 2.75) is 25.4 Å². The van der Waals surface area contributed by atoms with E-state index < -0.39 is 11.6 Å². The molecule has 2 saturated heterocycles. The minimum absolute atomic E-state index is 0.0751. The van der Waals surface area contributed by atoms with Gasteiger partial charge in [0.25, 0.3) is 5.91 Å². The molecule has 3 rings (SSSR count). The molecular weight excluding hydrogens is 304 g/mol. The molecule has 1 atom stereocenters. The zero-order valence-corrected chi connectivity index (χ0v) is 13.0. The van der Waals surface area contributed by atoms with Crippen LogP contribution in [0.2, 0.25) is 0 Å². The van der Waals surface area contributed by atoms with Crippen LogP contribution in [0, 0.1) is 17.6 Å². The summed E-state index contributed by atoms with van der Waals surface area (Å²) in [5.41, 5.74) is -0.0751. The fourth-order valence-electron chi connectivity index (χ4n) is 3.05. The van der Waals surface area contributed by atoms with Gasteiger partial charge in [0.05, 0.1) is 24.9 Å². The third kappa shape index (κ3) is 4.06. The van der Waals surface area contributed by atoms with E-state index in [1.54, 1.807) is 4.90 Å². The number of likely N-dealkylation sites (tertiary alicyclic amines) is 1. The summed E-state index contributed by atoms with van der Waals surface area (Å²) < 4.78 is 37.8. The second-order valence-electron chi connectivity index (χ2n) is 6.18. The Hall–Kier alpha value is -1.53. The Labute approximate surface area is 134 Å². The largest absolute Gasteiger partial charge is 0.381 e. The van der Waals surface area contributed by atoms with Gasteiger partial charge in [0.15, 0.2) is 0 Å². The first-order valence-electron chi connectivity index (χ1n) is 8.07. The quantitative estimate of drug-likeness (QED) is 0.854. The van der Waals surface area contributed by atoms with Gasteiger partial charge in [-0.25, -0.2) is 8.78 Å². The molecule has 1 aromatic carbocycles. The molecule has 0 radical (unpaired) electrons. The average Bonchev–Trinajstić information content (AvgIpc) is 3.06. The molecule has 2 aliphatic heterocycles. The molecule has 126 valence electrons. The summed E-state index contributed by atoms with van der Waals surface area (Å²) in [5, 5.41) is 0. The van der Waals surface area contributed by atoms with Crippen molar-refractivity contribution in [3.8, 4) is 0 Å². The normalized spacial score (nSPS) is 22.5. The average molecular weight is 325 g/mol. The highest BCUT2D eigenvalue weighted by Gasteiger charge is 2.26. The van der Waals surface area contributed by atoms with Gasteiger partial charge in [-0.2, -0.15) is 0 Å². The number of carbonyl (C=O) groups excluding carboxylic acids is 1. The number of halogens is 2. The van der Waals surface area contributed by atoms with Crippen LogP contribution in [0.1, 0.15) is 29.6 Å². The van der Waals surface area contributed by atoms with Gasteiger partial charge in [0.1, 0.15) is 11.6 Å². The fraction of sp³-hybridized carbons (Fsp3) is 0.588. The van der Waals surface area contributed by atoms with Crippen molar-refractivity contribution in [2.75, 3.05) is 32.9 Å². The molecule has 4 nitrogen and oxygen atoms in total. The van der Waals surface area contributed by atoms with E-state index in [1.165, 1.54) is 6.07 Å². The van der Waals surface area contributed by atoms with E-state index in [0.29, 0.717) is 25.6 Å². The van der Waals surface area contributed by atoms with Crippen LogP contribution in [0.4, 0.5) is 8.78 Å². The van der Waals surface area contributed by atoms with Gasteiger partial charge in [-0.05, 0) is 31.4 Å². The zero-order chi connectivity index (χ0) is 16.2. The first-order valence-corrected chi connectivity index (χ1v) is 8.07. The summed E-state index contributed by atoms with van der Waals surface area (Å²) in [6, 6.07) is 3.05. The standard InChI is InChI=1S/C17H21F2NO3/c18-13-1-2-15(16(19)9-13)17(21)20-6-3-14(4-7-20)23-11-12-5-8-22-10-12/h1-2,9,12,14H,3-8,10-11H2/t12-/m0/s1. The van der Waals surface area contributed by atoms with E-state index in [9.17, 15) is 13.6 Å². The van der Waals surface area contributed by atoms with Crippen LogP contribution in [-0.2, 0) is 9.47 Å². The number of nitrogens with zero attached hydrogens (tertiary/aromatic N) is 1. The Kier molecular flexibility index (Phi) is 5.23. The van der Waals surface area contributed by atoms with Crippen LogP contribution < -0.4 is 0 Å². The third-order valence-corrected chi connectivity index (χ3v) is 4.48. The zero-order valence-electron chi connectivity index (χ0n) is 13.0. The monoisotopic (exact) mass is 325 g/mol. The molecule has 2 fully saturated rings. The lowest BCUT2D eigenvalue weighted by Gasteiger charge is -2.32. The van der Waals surface area contributed by atoms with Crippen LogP contribution in [0.3, 0.4) is 0 Å². The first kappa shape index (κ1) is 16.3. The molecule has 0 aliphatic carbocycles. The van der Waals surface area contributed by atoms with E-state index in [4.69, 9.17) is 9.47 Å². The minimum atomic E-state index is -0.811. The fourth-order valence-corrected chi connectivity index (χ4v) is 3.05. The highest BCUT2D eigenvalue weighted by molar-refractivity contribution is 5.94. The van der Waals surface area contributed by atoms with Crippen LogP contribution in [0.25, 0.3) is 0 Å². The van der Waals surface area contributed by atoms with Crippen molar-refractivity contribution in [3.63, 3.8) is 0 Å². The van der Waals surface area contributed by atoms with Crippen molar-refractivity contribution in [1.82, 2.24) is 4.90 Å². The topological polar surface area (TPSA) is 38.8 Å². The van der Waals surface area contributed by atoms with Gasteiger partial charge in [-0.15, -0.1) is 0 Å². The molecule has 0 bridgehead atoms. The maximum atomic E-state index is 13.7. The Bertz CT molecular complexity index is 553. The number of benzene rings is 1. The Morgan fingerprint density at radius 2 is 2.04 bits per heavy atom. The second kappa shape index (κ2) is 7.36. The molecule has 2 heterocycles. The van der Waals surface area contributed by atoms with Crippen LogP contribution in [-0.4, -0.2) is 49.8 Å². The van der Waals surface area contributed by atoms with E-state index >= 15 is 0 Å². The number of carbonyl (C=O) groups is 1. The summed E-state index contributed by atoms with van der Waals surface area (Å²) in [4.78, 5) is 13.9. The van der Waals surface area contributed by atoms with Gasteiger partial charge in [-0.3, -0.25) is 4.79 Å². The van der Waals surface area contributed by atoms with Gasteiger partial charge in [-0.1, -0.05) is 0 Å². The van der Waals surface area contributed by atoms with Crippen molar-refractivity contribution in [3.05, 3.63) is 35.4 Å². The Morgan fingerprint density at radius 1 is 1.26 bits per heavy atom. The highest BCUT2D eigenvalue weighted by Crippen LogP contribution is 2.20. The number of amides is 1. The molecule has 6 heteroatoms. The van der Waals surface area contributed by atoms with Crippen molar-refractivity contribution in [1.29, 1.82) is 0 Å². The lowest BCUT2D eigenvalue weighted by Crippen LogP contribution is -2.41. The number of hydrogen-bond acceptors (Lipinski definition) is 3. The lowest BCUT2D eigenvalue weighted by molar-refractivity contribution is -0.00800. The molecule has 1 aromatic rings. The van der Waals surface area contributed by atoms with Gasteiger partial charge in [0.2, 0.25) is 0 Å². The predicted octanol–water partition coefficient (Wildman–Crippen LogP) is 2.62. The minimum Gasteiger partial charge on any atom is -0.381 e. The highest BCUT2D eigenvalue weighted by atomic mass is 19.1. The van der Waals surface area contributed by atoms with Crippen molar-refractivity contribution < 1.29 is 23.0 Å². The number of rotatable bonds is 4. The molecule has 0 unspecified atom stereocenters. The predicted molar refractivity (Wildman–Crippen MR) is 80.2 cm³/mol.